The fourth-order valence-electron chi connectivity index (χ4n) is 4.18. The molecule has 0 fully saturated rings. The van der Waals surface area contributed by atoms with E-state index in [1.165, 1.54) is 5.56 Å². The van der Waals surface area contributed by atoms with Gasteiger partial charge < -0.3 is 4.42 Å². The zero-order valence-electron chi connectivity index (χ0n) is 16.4. The van der Waals surface area contributed by atoms with Crippen LogP contribution in [0.15, 0.2) is 47.0 Å². The van der Waals surface area contributed by atoms with Crippen LogP contribution in [0.2, 0.25) is 0 Å². The van der Waals surface area contributed by atoms with Crippen LogP contribution < -0.4 is 4.57 Å². The minimum absolute atomic E-state index is 0.352. The minimum Gasteiger partial charge on any atom is -0.466 e. The molecule has 0 aliphatic heterocycles. The van der Waals surface area contributed by atoms with Crippen molar-refractivity contribution in [2.75, 3.05) is 0 Å². The first-order valence-electron chi connectivity index (χ1n) is 9.25. The Bertz CT molecular complexity index is 1240. The Morgan fingerprint density at radius 3 is 2.48 bits per heavy atom. The standard InChI is InChI=1S/C24H23N2O/c1-14(2)20-16(4)13-18(25-5)24-22(20)17-11-10-15(3)21(23(17)27-24)19-9-7-8-12-26(19)6/h7-14H,1-4,6H3/q+1. The second kappa shape index (κ2) is 6.25. The second-order valence-corrected chi connectivity index (χ2v) is 7.53. The van der Waals surface area contributed by atoms with Gasteiger partial charge >= 0.3 is 0 Å². The molecule has 0 aliphatic carbocycles. The van der Waals surface area contributed by atoms with E-state index in [2.05, 4.69) is 55.3 Å². The molecule has 4 aromatic rings. The Labute approximate surface area is 159 Å². The molecule has 0 bridgehead atoms. The summed E-state index contributed by atoms with van der Waals surface area (Å²) in [6, 6.07) is 12.4. The largest absolute Gasteiger partial charge is 0.466 e. The lowest BCUT2D eigenvalue weighted by Gasteiger charge is -2.12. The summed E-state index contributed by atoms with van der Waals surface area (Å²) in [5.41, 5.74) is 7.94. The third-order valence-corrected chi connectivity index (χ3v) is 5.36. The highest BCUT2D eigenvalue weighted by atomic mass is 16.3. The number of aromatic nitrogens is 1. The summed E-state index contributed by atoms with van der Waals surface area (Å²) in [5, 5.41) is 2.18. The van der Waals surface area contributed by atoms with Crippen molar-refractivity contribution in [2.45, 2.75) is 33.6 Å². The first kappa shape index (κ1) is 17.3. The van der Waals surface area contributed by atoms with E-state index in [4.69, 9.17) is 11.0 Å². The van der Waals surface area contributed by atoms with Gasteiger partial charge in [0.25, 0.3) is 0 Å². The predicted octanol–water partition coefficient (Wildman–Crippen LogP) is 6.37. The van der Waals surface area contributed by atoms with Gasteiger partial charge in [0.2, 0.25) is 11.4 Å². The molecule has 134 valence electrons. The molecule has 0 N–H and O–H groups in total. The lowest BCUT2D eigenvalue weighted by Crippen LogP contribution is -2.30. The van der Waals surface area contributed by atoms with Gasteiger partial charge in [-0.1, -0.05) is 31.5 Å². The number of rotatable bonds is 2. The molecule has 0 saturated heterocycles. The molecular weight excluding hydrogens is 332 g/mol. The van der Waals surface area contributed by atoms with Gasteiger partial charge in [-0.25, -0.2) is 9.41 Å². The number of aryl methyl sites for hydroxylation is 3. The van der Waals surface area contributed by atoms with E-state index in [1.807, 2.05) is 31.4 Å². The molecule has 0 aliphatic rings. The van der Waals surface area contributed by atoms with E-state index in [9.17, 15) is 0 Å². The summed E-state index contributed by atoms with van der Waals surface area (Å²) < 4.78 is 8.53. The van der Waals surface area contributed by atoms with Crippen molar-refractivity contribution >= 4 is 27.6 Å². The first-order chi connectivity index (χ1) is 12.9. The van der Waals surface area contributed by atoms with Crippen LogP contribution in [-0.2, 0) is 7.05 Å². The Balaban J connectivity index is 2.25. The number of hydrogen-bond donors (Lipinski definition) is 0. The van der Waals surface area contributed by atoms with E-state index in [0.29, 0.717) is 17.2 Å². The lowest BCUT2D eigenvalue weighted by atomic mass is 9.91. The van der Waals surface area contributed by atoms with E-state index in [1.54, 1.807) is 0 Å². The highest BCUT2D eigenvalue weighted by Gasteiger charge is 2.24. The molecule has 0 unspecified atom stereocenters. The summed E-state index contributed by atoms with van der Waals surface area (Å²) in [6.07, 6.45) is 2.05. The maximum atomic E-state index is 7.63. The van der Waals surface area contributed by atoms with Crippen LogP contribution in [0.5, 0.6) is 0 Å². The molecule has 0 amide bonds. The average Bonchev–Trinajstić information content (AvgIpc) is 3.00. The van der Waals surface area contributed by atoms with Crippen molar-refractivity contribution in [3.05, 3.63) is 70.7 Å². The maximum Gasteiger partial charge on any atom is 0.229 e. The topological polar surface area (TPSA) is 21.4 Å². The number of hydrogen-bond acceptors (Lipinski definition) is 1. The molecule has 0 atom stereocenters. The lowest BCUT2D eigenvalue weighted by molar-refractivity contribution is -0.660. The van der Waals surface area contributed by atoms with Crippen molar-refractivity contribution in [3.63, 3.8) is 0 Å². The minimum atomic E-state index is 0.352. The van der Waals surface area contributed by atoms with E-state index >= 15 is 0 Å². The van der Waals surface area contributed by atoms with Gasteiger partial charge in [-0.15, -0.1) is 0 Å². The first-order valence-corrected chi connectivity index (χ1v) is 9.25. The fraction of sp³-hybridized carbons (Fsp3) is 0.250. The van der Waals surface area contributed by atoms with Crippen molar-refractivity contribution < 1.29 is 8.98 Å². The highest BCUT2D eigenvalue weighted by molar-refractivity contribution is 6.14. The molecule has 2 aromatic carbocycles. The van der Waals surface area contributed by atoms with Crippen LogP contribution >= 0.6 is 0 Å². The van der Waals surface area contributed by atoms with Gasteiger partial charge in [-0.3, -0.25) is 0 Å². The predicted molar refractivity (Wildman–Crippen MR) is 110 cm³/mol. The molecule has 3 nitrogen and oxygen atoms in total. The van der Waals surface area contributed by atoms with Gasteiger partial charge in [-0.2, -0.15) is 0 Å². The quantitative estimate of drug-likeness (QED) is 0.302. The van der Waals surface area contributed by atoms with Gasteiger partial charge in [-0.05, 0) is 43.0 Å². The molecule has 0 radical (unpaired) electrons. The summed E-state index contributed by atoms with van der Waals surface area (Å²) >= 11 is 0. The normalized spacial score (nSPS) is 11.4. The van der Waals surface area contributed by atoms with Crippen LogP contribution in [0.4, 0.5) is 5.69 Å². The average molecular weight is 355 g/mol. The molecule has 0 saturated carbocycles. The zero-order chi connectivity index (χ0) is 19.3. The molecule has 4 rings (SSSR count). The Morgan fingerprint density at radius 2 is 1.81 bits per heavy atom. The SMILES string of the molecule is [C-]#[N+]c1cc(C)c(C(C)C)c2c1oc1c(-c3cccc[n+]3C)c(C)ccc12. The zero-order valence-corrected chi connectivity index (χ0v) is 16.4. The van der Waals surface area contributed by atoms with E-state index in [-0.39, 0.29) is 0 Å². The number of fused-ring (bicyclic) bond motifs is 3. The second-order valence-electron chi connectivity index (χ2n) is 7.53. The summed E-state index contributed by atoms with van der Waals surface area (Å²) in [5.74, 6) is 0.352. The Morgan fingerprint density at radius 1 is 1.04 bits per heavy atom. The van der Waals surface area contributed by atoms with E-state index < -0.39 is 0 Å². The monoisotopic (exact) mass is 355 g/mol. The third-order valence-electron chi connectivity index (χ3n) is 5.36. The van der Waals surface area contributed by atoms with Crippen molar-refractivity contribution in [1.82, 2.24) is 0 Å². The van der Waals surface area contributed by atoms with Gasteiger partial charge in [0, 0.05) is 22.9 Å². The summed E-state index contributed by atoms with van der Waals surface area (Å²) in [6.45, 7) is 16.2. The molecule has 2 aromatic heterocycles. The molecular formula is C24H23N2O+. The highest BCUT2D eigenvalue weighted by Crippen LogP contribution is 2.44. The fourth-order valence-corrected chi connectivity index (χ4v) is 4.18. The molecule has 2 heterocycles. The van der Waals surface area contributed by atoms with Gasteiger partial charge in [0.1, 0.15) is 18.2 Å². The summed E-state index contributed by atoms with van der Waals surface area (Å²) in [7, 11) is 2.05. The number of pyridine rings is 1. The van der Waals surface area contributed by atoms with Gasteiger partial charge in [0.05, 0.1) is 12.1 Å². The summed E-state index contributed by atoms with van der Waals surface area (Å²) in [4.78, 5) is 3.75. The van der Waals surface area contributed by atoms with Crippen LogP contribution in [0, 0.1) is 20.4 Å². The number of benzene rings is 2. The van der Waals surface area contributed by atoms with Crippen LogP contribution in [0.3, 0.4) is 0 Å². The third kappa shape index (κ3) is 2.52. The van der Waals surface area contributed by atoms with E-state index in [0.717, 1.165) is 38.7 Å². The van der Waals surface area contributed by atoms with Crippen LogP contribution in [0.1, 0.15) is 36.5 Å². The van der Waals surface area contributed by atoms with Crippen molar-refractivity contribution in [2.24, 2.45) is 7.05 Å². The van der Waals surface area contributed by atoms with Crippen LogP contribution in [-0.4, -0.2) is 0 Å². The van der Waals surface area contributed by atoms with Crippen molar-refractivity contribution in [3.8, 4) is 11.3 Å². The smallest absolute Gasteiger partial charge is 0.229 e. The molecule has 0 spiro atoms. The van der Waals surface area contributed by atoms with Gasteiger partial charge in [0.15, 0.2) is 6.20 Å². The number of nitrogens with zero attached hydrogens (tertiary/aromatic N) is 2. The Kier molecular flexibility index (Phi) is 4.00. The van der Waals surface area contributed by atoms with Crippen molar-refractivity contribution in [1.29, 1.82) is 0 Å². The molecule has 3 heteroatoms. The van der Waals surface area contributed by atoms with Crippen LogP contribution in [0.25, 0.3) is 38.0 Å². The number of furan rings is 1. The maximum absolute atomic E-state index is 7.63. The Hall–Kier alpha value is -3.12. The molecule has 27 heavy (non-hydrogen) atoms.